The first-order valence-corrected chi connectivity index (χ1v) is 7.55. The number of alkyl halides is 3. The van der Waals surface area contributed by atoms with Gasteiger partial charge in [-0.3, -0.25) is 4.79 Å². The lowest BCUT2D eigenvalue weighted by molar-refractivity contribution is -0.119. The molecule has 0 aromatic heterocycles. The van der Waals surface area contributed by atoms with E-state index in [2.05, 4.69) is 0 Å². The molecule has 0 aromatic rings. The van der Waals surface area contributed by atoms with Gasteiger partial charge in [0.05, 0.1) is 18.1 Å². The first-order chi connectivity index (χ1) is 9.88. The van der Waals surface area contributed by atoms with Crippen LogP contribution in [-0.4, -0.2) is 18.6 Å². The number of rotatable bonds is 4. The van der Waals surface area contributed by atoms with Gasteiger partial charge in [0.1, 0.15) is 5.76 Å². The van der Waals surface area contributed by atoms with E-state index >= 15 is 0 Å². The van der Waals surface area contributed by atoms with Gasteiger partial charge in [0.25, 0.3) is 0 Å². The van der Waals surface area contributed by atoms with Crippen molar-refractivity contribution in [3.8, 4) is 0 Å². The third-order valence-corrected chi connectivity index (χ3v) is 4.30. The zero-order valence-corrected chi connectivity index (χ0v) is 12.2. The van der Waals surface area contributed by atoms with Crippen molar-refractivity contribution in [2.45, 2.75) is 51.6 Å². The van der Waals surface area contributed by atoms with Crippen LogP contribution in [0.2, 0.25) is 0 Å². The molecule has 1 unspecified atom stereocenters. The van der Waals surface area contributed by atoms with Gasteiger partial charge in [0.2, 0.25) is 0 Å². The van der Waals surface area contributed by atoms with Crippen LogP contribution in [0.3, 0.4) is 0 Å². The van der Waals surface area contributed by atoms with Gasteiger partial charge in [0.15, 0.2) is 5.78 Å². The number of carbonyl (C=O) groups excluding carboxylic acids is 1. The number of allylic oxidation sites excluding steroid dienone is 4. The summed E-state index contributed by atoms with van der Waals surface area (Å²) in [5.74, 6) is -0.419. The number of ether oxygens (including phenoxy) is 1. The standard InChI is InChI=1S/C16H21F3O2/c1-11-14(20)9-13(16(17,18)19)10-15(11)21-8-7-12-5-3-2-4-6-12/h9-12H,2-8H2,1H3. The van der Waals surface area contributed by atoms with Crippen LogP contribution in [0.25, 0.3) is 0 Å². The van der Waals surface area contributed by atoms with Crippen molar-refractivity contribution < 1.29 is 22.7 Å². The molecule has 2 nitrogen and oxygen atoms in total. The molecule has 21 heavy (non-hydrogen) atoms. The fraction of sp³-hybridized carbons (Fsp3) is 0.688. The Hall–Kier alpha value is -1.26. The highest BCUT2D eigenvalue weighted by Crippen LogP contribution is 2.33. The molecule has 0 aromatic carbocycles. The minimum atomic E-state index is -4.51. The van der Waals surface area contributed by atoms with Gasteiger partial charge in [-0.2, -0.15) is 13.2 Å². The summed E-state index contributed by atoms with van der Waals surface area (Å²) >= 11 is 0. The molecule has 0 heterocycles. The molecule has 0 amide bonds. The van der Waals surface area contributed by atoms with Crippen molar-refractivity contribution >= 4 is 5.78 Å². The van der Waals surface area contributed by atoms with E-state index in [0.717, 1.165) is 12.5 Å². The van der Waals surface area contributed by atoms with Gasteiger partial charge in [-0.1, -0.05) is 32.1 Å². The molecule has 2 aliphatic carbocycles. The molecule has 0 bridgehead atoms. The van der Waals surface area contributed by atoms with E-state index in [0.29, 0.717) is 18.6 Å². The van der Waals surface area contributed by atoms with E-state index in [9.17, 15) is 18.0 Å². The van der Waals surface area contributed by atoms with Gasteiger partial charge in [-0.15, -0.1) is 0 Å². The quantitative estimate of drug-likeness (QED) is 0.760. The van der Waals surface area contributed by atoms with E-state index in [4.69, 9.17) is 4.74 Å². The van der Waals surface area contributed by atoms with E-state index in [1.54, 1.807) is 6.92 Å². The smallest absolute Gasteiger partial charge is 0.416 e. The summed E-state index contributed by atoms with van der Waals surface area (Å²) < 4.78 is 43.6. The van der Waals surface area contributed by atoms with Gasteiger partial charge in [-0.05, 0) is 31.4 Å². The Morgan fingerprint density at radius 3 is 2.48 bits per heavy atom. The van der Waals surface area contributed by atoms with Crippen LogP contribution in [0.4, 0.5) is 13.2 Å². The second-order valence-corrected chi connectivity index (χ2v) is 5.91. The van der Waals surface area contributed by atoms with Crippen LogP contribution in [0, 0.1) is 11.8 Å². The van der Waals surface area contributed by atoms with Crippen molar-refractivity contribution in [1.29, 1.82) is 0 Å². The summed E-state index contributed by atoms with van der Waals surface area (Å²) in [4.78, 5) is 11.6. The summed E-state index contributed by atoms with van der Waals surface area (Å²) in [5, 5.41) is 0. The molecular formula is C16H21F3O2. The van der Waals surface area contributed by atoms with Crippen LogP contribution in [0.5, 0.6) is 0 Å². The van der Waals surface area contributed by atoms with E-state index in [1.807, 2.05) is 0 Å². The molecule has 0 aliphatic heterocycles. The van der Waals surface area contributed by atoms with Crippen molar-refractivity contribution in [3.63, 3.8) is 0 Å². The molecule has 2 rings (SSSR count). The molecule has 2 aliphatic rings. The molecule has 118 valence electrons. The van der Waals surface area contributed by atoms with Crippen LogP contribution in [0.1, 0.15) is 45.4 Å². The highest BCUT2D eigenvalue weighted by atomic mass is 19.4. The minimum absolute atomic E-state index is 0.144. The predicted octanol–water partition coefficient (Wildman–Crippen LogP) is 4.56. The fourth-order valence-corrected chi connectivity index (χ4v) is 2.89. The maximum Gasteiger partial charge on any atom is 0.416 e. The molecule has 5 heteroatoms. The first-order valence-electron chi connectivity index (χ1n) is 7.55. The Labute approximate surface area is 123 Å². The number of hydrogen-bond acceptors (Lipinski definition) is 2. The van der Waals surface area contributed by atoms with Crippen LogP contribution >= 0.6 is 0 Å². The SMILES string of the molecule is CC1C(=O)C=C(C(F)(F)F)C=C1OCCC1CCCCC1. The minimum Gasteiger partial charge on any atom is -0.497 e. The lowest BCUT2D eigenvalue weighted by Gasteiger charge is -2.24. The normalized spacial score (nSPS) is 24.6. The Morgan fingerprint density at radius 2 is 1.86 bits per heavy atom. The lowest BCUT2D eigenvalue weighted by Crippen LogP contribution is -2.23. The molecule has 1 fully saturated rings. The van der Waals surface area contributed by atoms with Gasteiger partial charge in [-0.25, -0.2) is 0 Å². The molecule has 1 saturated carbocycles. The Balaban J connectivity index is 1.92. The summed E-state index contributed by atoms with van der Waals surface area (Å²) in [7, 11) is 0. The Morgan fingerprint density at radius 1 is 1.19 bits per heavy atom. The predicted molar refractivity (Wildman–Crippen MR) is 73.5 cm³/mol. The Bertz CT molecular complexity index is 443. The lowest BCUT2D eigenvalue weighted by atomic mass is 9.87. The van der Waals surface area contributed by atoms with Gasteiger partial charge >= 0.3 is 6.18 Å². The molecule has 0 saturated heterocycles. The third-order valence-electron chi connectivity index (χ3n) is 4.30. The number of halogens is 3. The highest BCUT2D eigenvalue weighted by Gasteiger charge is 2.37. The van der Waals surface area contributed by atoms with Crippen molar-refractivity contribution in [3.05, 3.63) is 23.5 Å². The molecule has 0 N–H and O–H groups in total. The van der Waals surface area contributed by atoms with Crippen LogP contribution < -0.4 is 0 Å². The number of hydrogen-bond donors (Lipinski definition) is 0. The van der Waals surface area contributed by atoms with Crippen molar-refractivity contribution in [1.82, 2.24) is 0 Å². The largest absolute Gasteiger partial charge is 0.497 e. The van der Waals surface area contributed by atoms with E-state index < -0.39 is 23.5 Å². The zero-order chi connectivity index (χ0) is 15.5. The van der Waals surface area contributed by atoms with E-state index in [1.165, 1.54) is 32.1 Å². The molecule has 1 atom stereocenters. The Kier molecular flexibility index (Phi) is 5.12. The van der Waals surface area contributed by atoms with E-state index in [-0.39, 0.29) is 5.76 Å². The summed E-state index contributed by atoms with van der Waals surface area (Å²) in [6.07, 6.45) is 4.04. The molecule has 0 spiro atoms. The topological polar surface area (TPSA) is 26.3 Å². The average Bonchev–Trinajstić information content (AvgIpc) is 2.43. The van der Waals surface area contributed by atoms with Crippen molar-refractivity contribution in [2.24, 2.45) is 11.8 Å². The maximum atomic E-state index is 12.7. The maximum absolute atomic E-state index is 12.7. The average molecular weight is 302 g/mol. The van der Waals surface area contributed by atoms with Gasteiger partial charge < -0.3 is 4.74 Å². The number of carbonyl (C=O) groups is 1. The summed E-state index contributed by atoms with van der Waals surface area (Å²) in [5.41, 5.74) is -0.918. The summed E-state index contributed by atoms with van der Waals surface area (Å²) in [6.45, 7) is 1.97. The first kappa shape index (κ1) is 16.1. The second kappa shape index (κ2) is 6.67. The second-order valence-electron chi connectivity index (χ2n) is 5.91. The fourth-order valence-electron chi connectivity index (χ4n) is 2.89. The van der Waals surface area contributed by atoms with Crippen LogP contribution in [-0.2, 0) is 9.53 Å². The molecule has 0 radical (unpaired) electrons. The number of ketones is 1. The van der Waals surface area contributed by atoms with Crippen molar-refractivity contribution in [2.75, 3.05) is 6.61 Å². The monoisotopic (exact) mass is 302 g/mol. The zero-order valence-electron chi connectivity index (χ0n) is 12.2. The van der Waals surface area contributed by atoms with Crippen LogP contribution in [0.15, 0.2) is 23.5 Å². The molecular weight excluding hydrogens is 281 g/mol. The van der Waals surface area contributed by atoms with Gasteiger partial charge in [0, 0.05) is 0 Å². The highest BCUT2D eigenvalue weighted by molar-refractivity contribution is 5.95. The third kappa shape index (κ3) is 4.35. The summed E-state index contributed by atoms with van der Waals surface area (Å²) in [6, 6.07) is 0.